The molecule has 5 nitrogen and oxygen atoms in total. The maximum Gasteiger partial charge on any atom is 0.161 e. The summed E-state index contributed by atoms with van der Waals surface area (Å²) < 4.78 is 82.2. The van der Waals surface area contributed by atoms with Crippen molar-refractivity contribution in [1.29, 1.82) is 0 Å². The van der Waals surface area contributed by atoms with E-state index in [0.717, 1.165) is 0 Å². The van der Waals surface area contributed by atoms with Crippen molar-refractivity contribution in [3.8, 4) is 11.5 Å². The van der Waals surface area contributed by atoms with Crippen molar-refractivity contribution in [1.82, 2.24) is 4.90 Å². The largest absolute Gasteiger partial charge is 0.486 e. The Labute approximate surface area is 131 Å². The van der Waals surface area contributed by atoms with Gasteiger partial charge in [0.15, 0.2) is 11.5 Å². The van der Waals surface area contributed by atoms with Gasteiger partial charge in [-0.2, -0.15) is 0 Å². The van der Waals surface area contributed by atoms with Crippen molar-refractivity contribution in [2.24, 2.45) is 5.73 Å². The number of fused-ring (bicyclic) bond motifs is 1. The van der Waals surface area contributed by atoms with Crippen LogP contribution < -0.4 is 15.2 Å². The molecule has 0 aromatic heterocycles. The summed E-state index contributed by atoms with van der Waals surface area (Å²) in [5.74, 6) is 0.698. The maximum atomic E-state index is 10.7. The highest BCUT2D eigenvalue weighted by molar-refractivity contribution is 5.44. The van der Waals surface area contributed by atoms with Gasteiger partial charge in [-0.15, -0.1) is 0 Å². The van der Waals surface area contributed by atoms with Gasteiger partial charge in [-0.3, -0.25) is 0 Å². The minimum Gasteiger partial charge on any atom is -0.486 e. The second-order valence-corrected chi connectivity index (χ2v) is 4.43. The monoisotopic (exact) mass is 287 g/mol. The minimum absolute atomic E-state index is 0.0133. The van der Waals surface area contributed by atoms with Gasteiger partial charge in [0.05, 0.1) is 7.45 Å². The number of hydrogen-bond donors (Lipinski definition) is 2. The van der Waals surface area contributed by atoms with E-state index in [-0.39, 0.29) is 17.9 Å². The van der Waals surface area contributed by atoms with E-state index in [2.05, 4.69) is 0 Å². The molecule has 0 saturated carbocycles. The summed E-state index contributed by atoms with van der Waals surface area (Å²) in [6.45, 7) is -6.37. The standard InChI is InChI=1S/C15H22N2O3/c16-12(10-17-5-1-2-6-17)15(18)11-3-4-13-14(9-11)20-8-7-19-13/h3-4,9,12,15,18H,1-2,5-8,10,16H2/t12-,15-/m1/s1/i1D2,2D2,5D2,6D2,15D. The third-order valence-electron chi connectivity index (χ3n) is 3.01. The topological polar surface area (TPSA) is 68.0 Å². The molecule has 2 aliphatic heterocycles. The van der Waals surface area contributed by atoms with E-state index in [9.17, 15) is 5.11 Å². The Morgan fingerprint density at radius 1 is 1.30 bits per heavy atom. The molecule has 0 amide bonds. The Bertz CT molecular complexity index is 777. The molecule has 0 aliphatic carbocycles. The molecule has 2 aliphatic rings. The van der Waals surface area contributed by atoms with E-state index in [4.69, 9.17) is 27.5 Å². The average molecular weight is 287 g/mol. The molecule has 1 aromatic carbocycles. The van der Waals surface area contributed by atoms with Gasteiger partial charge in [0.25, 0.3) is 0 Å². The second-order valence-electron chi connectivity index (χ2n) is 4.43. The molecule has 0 bridgehead atoms. The number of likely N-dealkylation sites (tertiary alicyclic amines) is 1. The average Bonchev–Trinajstić information content (AvgIpc) is 2.70. The van der Waals surface area contributed by atoms with Crippen LogP contribution in [0.1, 0.15) is 36.7 Å². The number of nitrogens with zero attached hydrogens (tertiary/aromatic N) is 1. The summed E-state index contributed by atoms with van der Waals surface area (Å²) >= 11 is 0. The van der Waals surface area contributed by atoms with Crippen LogP contribution in [0.4, 0.5) is 0 Å². The van der Waals surface area contributed by atoms with Crippen LogP contribution in [0.25, 0.3) is 0 Å². The van der Waals surface area contributed by atoms with E-state index < -0.39 is 44.4 Å². The molecule has 20 heavy (non-hydrogen) atoms. The van der Waals surface area contributed by atoms with Crippen molar-refractivity contribution < 1.29 is 26.9 Å². The van der Waals surface area contributed by atoms with Crippen LogP contribution in [0.3, 0.4) is 0 Å². The van der Waals surface area contributed by atoms with E-state index in [0.29, 0.717) is 17.3 Å². The highest BCUT2D eigenvalue weighted by Crippen LogP contribution is 2.33. The zero-order valence-corrected chi connectivity index (χ0v) is 10.7. The van der Waals surface area contributed by atoms with Gasteiger partial charge in [-0.05, 0) is 43.4 Å². The van der Waals surface area contributed by atoms with Crippen molar-refractivity contribution in [2.75, 3.05) is 32.8 Å². The highest BCUT2D eigenvalue weighted by atomic mass is 16.6. The van der Waals surface area contributed by atoms with Gasteiger partial charge in [-0.1, -0.05) is 6.07 Å². The van der Waals surface area contributed by atoms with Crippen molar-refractivity contribution >= 4 is 0 Å². The lowest BCUT2D eigenvalue weighted by Gasteiger charge is -2.26. The second kappa shape index (κ2) is 5.99. The molecule has 3 N–H and O–H groups in total. The summed E-state index contributed by atoms with van der Waals surface area (Å²) in [7, 11) is 0. The number of rotatable bonds is 4. The number of aliphatic hydroxyl groups is 1. The maximum absolute atomic E-state index is 10.7. The zero-order valence-electron chi connectivity index (χ0n) is 19.7. The summed E-state index contributed by atoms with van der Waals surface area (Å²) in [6.07, 6.45) is -8.94. The van der Waals surface area contributed by atoms with E-state index in [1.165, 1.54) is 18.2 Å². The molecule has 0 radical (unpaired) electrons. The lowest BCUT2D eigenvalue weighted by atomic mass is 10.0. The Kier molecular flexibility index (Phi) is 1.99. The molecule has 3 rings (SSSR count). The first kappa shape index (κ1) is 6.64. The van der Waals surface area contributed by atoms with Crippen LogP contribution >= 0.6 is 0 Å². The Hall–Kier alpha value is -1.30. The Morgan fingerprint density at radius 2 is 2.00 bits per heavy atom. The minimum atomic E-state index is -3.21. The van der Waals surface area contributed by atoms with Gasteiger partial charge in [0.2, 0.25) is 0 Å². The lowest BCUT2D eigenvalue weighted by molar-refractivity contribution is 0.124. The van der Waals surface area contributed by atoms with Crippen LogP contribution in [0.5, 0.6) is 11.5 Å². The van der Waals surface area contributed by atoms with Crippen LogP contribution in [-0.4, -0.2) is 48.8 Å². The van der Waals surface area contributed by atoms with Crippen LogP contribution in [-0.2, 0) is 0 Å². The van der Waals surface area contributed by atoms with Crippen molar-refractivity contribution in [3.05, 3.63) is 23.8 Å². The van der Waals surface area contributed by atoms with Crippen molar-refractivity contribution in [2.45, 2.75) is 24.9 Å². The van der Waals surface area contributed by atoms with E-state index in [1.807, 2.05) is 0 Å². The molecule has 2 heterocycles. The van der Waals surface area contributed by atoms with Crippen LogP contribution in [0.15, 0.2) is 18.2 Å². The third-order valence-corrected chi connectivity index (χ3v) is 3.01. The molecule has 2 atom stereocenters. The number of nitrogens with two attached hydrogens (primary N) is 1. The fraction of sp³-hybridized carbons (Fsp3) is 0.600. The normalized spacial score (nSPS) is 40.0. The van der Waals surface area contributed by atoms with E-state index >= 15 is 0 Å². The fourth-order valence-electron chi connectivity index (χ4n) is 2.01. The highest BCUT2D eigenvalue weighted by Gasteiger charge is 2.23. The molecule has 1 fully saturated rings. The summed E-state index contributed by atoms with van der Waals surface area (Å²) in [5.41, 5.74) is 5.92. The molecule has 1 saturated heterocycles. The molecule has 1 aromatic rings. The smallest absolute Gasteiger partial charge is 0.161 e. The van der Waals surface area contributed by atoms with Gasteiger partial charge in [0, 0.05) is 23.6 Å². The van der Waals surface area contributed by atoms with Gasteiger partial charge in [0.1, 0.15) is 13.2 Å². The molecule has 0 spiro atoms. The lowest BCUT2D eigenvalue weighted by Crippen LogP contribution is -2.40. The molecular weight excluding hydrogens is 256 g/mol. The predicted octanol–water partition coefficient (Wildman–Crippen LogP) is 0.914. The quantitative estimate of drug-likeness (QED) is 0.862. The SMILES string of the molecule is [2H]C1([2H])N(C[C@@H](N)[C@]([2H])(O)c2ccc3c(c2)OCCO3)C([2H])([2H])C([2H])([2H])C1([2H])[2H]. The molecule has 5 heteroatoms. The summed E-state index contributed by atoms with van der Waals surface area (Å²) in [6, 6.07) is 2.57. The molecule has 0 unspecified atom stereocenters. The van der Waals surface area contributed by atoms with Crippen molar-refractivity contribution in [3.63, 3.8) is 0 Å². The molecular formula is C15H22N2O3. The first-order chi connectivity index (χ1) is 13.1. The first-order valence-electron chi connectivity index (χ1n) is 10.7. The van der Waals surface area contributed by atoms with Gasteiger partial charge < -0.3 is 25.2 Å². The predicted molar refractivity (Wildman–Crippen MR) is 76.0 cm³/mol. The van der Waals surface area contributed by atoms with Gasteiger partial charge >= 0.3 is 0 Å². The number of ether oxygens (including phenoxy) is 2. The Morgan fingerprint density at radius 3 is 2.75 bits per heavy atom. The Balaban J connectivity index is 1.91. The van der Waals surface area contributed by atoms with E-state index in [1.54, 1.807) is 0 Å². The third kappa shape index (κ3) is 2.90. The number of hydrogen-bond acceptors (Lipinski definition) is 5. The molecule has 110 valence electrons. The summed E-state index contributed by atoms with van der Waals surface area (Å²) in [5, 5.41) is 10.7. The fourth-order valence-corrected chi connectivity index (χ4v) is 2.01. The summed E-state index contributed by atoms with van der Waals surface area (Å²) in [4.78, 5) is 0.294. The van der Waals surface area contributed by atoms with Crippen LogP contribution in [0.2, 0.25) is 0 Å². The van der Waals surface area contributed by atoms with Gasteiger partial charge in [-0.25, -0.2) is 0 Å². The van der Waals surface area contributed by atoms with Crippen LogP contribution in [0, 0.1) is 0 Å². The first-order valence-corrected chi connectivity index (χ1v) is 6.24. The number of benzene rings is 1. The zero-order chi connectivity index (χ0) is 22.0.